The molecule has 3 N–H and O–H groups in total. The minimum Gasteiger partial charge on any atom is -0.397 e. The Kier molecular flexibility index (Phi) is 3.92. The smallest absolute Gasteiger partial charge is 0.0591 e. The number of nitrogens with one attached hydrogen (secondary N) is 1. The first-order valence-electron chi connectivity index (χ1n) is 5.55. The van der Waals surface area contributed by atoms with Crippen molar-refractivity contribution in [1.29, 1.82) is 0 Å². The van der Waals surface area contributed by atoms with Crippen molar-refractivity contribution in [3.05, 3.63) is 45.1 Å². The third kappa shape index (κ3) is 2.93. The summed E-state index contributed by atoms with van der Waals surface area (Å²) in [6.45, 7) is 2.96. The quantitative estimate of drug-likeness (QED) is 0.816. The van der Waals surface area contributed by atoms with Crippen LogP contribution in [-0.2, 0) is 13.0 Å². The lowest BCUT2D eigenvalue weighted by atomic mass is 10.2. The summed E-state index contributed by atoms with van der Waals surface area (Å²) in [6, 6.07) is 7.64. The average Bonchev–Trinajstić information content (AvgIpc) is 2.77. The number of hydrogen-bond acceptors (Lipinski definition) is 3. The largest absolute Gasteiger partial charge is 0.397 e. The zero-order chi connectivity index (χ0) is 12.3. The van der Waals surface area contributed by atoms with Crippen LogP contribution in [0.5, 0.6) is 0 Å². The van der Waals surface area contributed by atoms with E-state index in [0.717, 1.165) is 24.3 Å². The molecule has 1 aromatic carbocycles. The van der Waals surface area contributed by atoms with Crippen molar-refractivity contribution < 1.29 is 0 Å². The van der Waals surface area contributed by atoms with E-state index in [9.17, 15) is 0 Å². The van der Waals surface area contributed by atoms with Gasteiger partial charge >= 0.3 is 0 Å². The molecule has 0 fully saturated rings. The summed E-state index contributed by atoms with van der Waals surface area (Å²) in [6.07, 6.45) is 1.06. The molecular weight excluding hydrogens is 252 g/mol. The van der Waals surface area contributed by atoms with Crippen molar-refractivity contribution in [2.45, 2.75) is 19.9 Å². The fourth-order valence-electron chi connectivity index (χ4n) is 1.69. The summed E-state index contributed by atoms with van der Waals surface area (Å²) >= 11 is 7.71. The van der Waals surface area contributed by atoms with Crippen molar-refractivity contribution in [2.24, 2.45) is 0 Å². The molecule has 1 aromatic heterocycles. The average molecular weight is 267 g/mol. The number of benzene rings is 1. The number of hydrogen-bond donors (Lipinski definition) is 2. The van der Waals surface area contributed by atoms with Crippen LogP contribution >= 0.6 is 22.9 Å². The van der Waals surface area contributed by atoms with Gasteiger partial charge in [0.25, 0.3) is 0 Å². The van der Waals surface area contributed by atoms with E-state index in [1.54, 1.807) is 17.4 Å². The molecule has 0 bridgehead atoms. The predicted octanol–water partition coefficient (Wildman–Crippen LogP) is 4.16. The maximum absolute atomic E-state index is 5.94. The molecule has 17 heavy (non-hydrogen) atoms. The second-order valence-corrected chi connectivity index (χ2v) is 5.24. The topological polar surface area (TPSA) is 38.0 Å². The zero-order valence-corrected chi connectivity index (χ0v) is 11.2. The van der Waals surface area contributed by atoms with Gasteiger partial charge in [0.05, 0.1) is 11.4 Å². The monoisotopic (exact) mass is 266 g/mol. The highest BCUT2D eigenvalue weighted by molar-refractivity contribution is 7.10. The number of nitrogens with two attached hydrogens (primary N) is 1. The first kappa shape index (κ1) is 12.3. The number of halogens is 1. The van der Waals surface area contributed by atoms with Gasteiger partial charge in [0.2, 0.25) is 0 Å². The molecule has 0 aliphatic carbocycles. The second-order valence-electron chi connectivity index (χ2n) is 3.81. The molecule has 0 spiro atoms. The maximum Gasteiger partial charge on any atom is 0.0591 e. The standard InChI is InChI=1S/C13H15ClN2S/c1-2-9-5-6-17-13(9)8-16-12-7-10(14)3-4-11(12)15/h3-7,16H,2,8,15H2,1H3. The molecule has 0 radical (unpaired) electrons. The molecule has 0 saturated heterocycles. The first-order chi connectivity index (χ1) is 8.20. The Bertz CT molecular complexity index is 508. The third-order valence-corrected chi connectivity index (χ3v) is 3.87. The lowest BCUT2D eigenvalue weighted by Crippen LogP contribution is -2.02. The third-order valence-electron chi connectivity index (χ3n) is 2.67. The summed E-state index contributed by atoms with van der Waals surface area (Å²) in [4.78, 5) is 1.35. The summed E-state index contributed by atoms with van der Waals surface area (Å²) < 4.78 is 0. The van der Waals surface area contributed by atoms with Crippen molar-refractivity contribution in [3.63, 3.8) is 0 Å². The van der Waals surface area contributed by atoms with E-state index in [4.69, 9.17) is 17.3 Å². The molecule has 0 amide bonds. The highest BCUT2D eigenvalue weighted by Gasteiger charge is 2.04. The number of aryl methyl sites for hydroxylation is 1. The van der Waals surface area contributed by atoms with Gasteiger partial charge in [0, 0.05) is 16.4 Å². The molecule has 0 unspecified atom stereocenters. The van der Waals surface area contributed by atoms with Crippen LogP contribution in [0.25, 0.3) is 0 Å². The van der Waals surface area contributed by atoms with Crippen molar-refractivity contribution in [3.8, 4) is 0 Å². The summed E-state index contributed by atoms with van der Waals surface area (Å²) in [5.41, 5.74) is 8.90. The van der Waals surface area contributed by atoms with E-state index >= 15 is 0 Å². The van der Waals surface area contributed by atoms with Crippen molar-refractivity contribution >= 4 is 34.3 Å². The summed E-state index contributed by atoms with van der Waals surface area (Å²) in [5.74, 6) is 0. The molecule has 90 valence electrons. The van der Waals surface area contributed by atoms with E-state index < -0.39 is 0 Å². The fourth-order valence-corrected chi connectivity index (χ4v) is 2.78. The van der Waals surface area contributed by atoms with Gasteiger partial charge < -0.3 is 11.1 Å². The Morgan fingerprint density at radius 2 is 2.18 bits per heavy atom. The van der Waals surface area contributed by atoms with Gasteiger partial charge in [-0.1, -0.05) is 18.5 Å². The van der Waals surface area contributed by atoms with Gasteiger partial charge in [-0.2, -0.15) is 0 Å². The van der Waals surface area contributed by atoms with Crippen LogP contribution in [0.15, 0.2) is 29.6 Å². The highest BCUT2D eigenvalue weighted by Crippen LogP contribution is 2.25. The molecule has 1 heterocycles. The maximum atomic E-state index is 5.94. The Balaban J connectivity index is 2.09. The molecular formula is C13H15ClN2S. The van der Waals surface area contributed by atoms with E-state index in [0.29, 0.717) is 5.02 Å². The van der Waals surface area contributed by atoms with Gasteiger partial charge in [0.1, 0.15) is 0 Å². The molecule has 2 rings (SSSR count). The van der Waals surface area contributed by atoms with Crippen molar-refractivity contribution in [1.82, 2.24) is 0 Å². The van der Waals surface area contributed by atoms with Crippen LogP contribution in [0.1, 0.15) is 17.4 Å². The fraction of sp³-hybridized carbons (Fsp3) is 0.231. The minimum absolute atomic E-state index is 0.698. The van der Waals surface area contributed by atoms with Gasteiger partial charge in [-0.3, -0.25) is 0 Å². The van der Waals surface area contributed by atoms with Crippen LogP contribution in [0.2, 0.25) is 5.02 Å². The molecule has 4 heteroatoms. The Labute approximate surface area is 110 Å². The van der Waals surface area contributed by atoms with Crippen LogP contribution in [-0.4, -0.2) is 0 Å². The lowest BCUT2D eigenvalue weighted by molar-refractivity contribution is 1.08. The van der Waals surface area contributed by atoms with Crippen LogP contribution < -0.4 is 11.1 Å². The first-order valence-corrected chi connectivity index (χ1v) is 6.80. The van der Waals surface area contributed by atoms with Gasteiger partial charge in [-0.15, -0.1) is 11.3 Å². The van der Waals surface area contributed by atoms with Crippen molar-refractivity contribution in [2.75, 3.05) is 11.1 Å². The normalized spacial score (nSPS) is 10.5. The van der Waals surface area contributed by atoms with Gasteiger partial charge in [-0.25, -0.2) is 0 Å². The zero-order valence-electron chi connectivity index (χ0n) is 9.66. The lowest BCUT2D eigenvalue weighted by Gasteiger charge is -2.09. The van der Waals surface area contributed by atoms with Crippen LogP contribution in [0, 0.1) is 0 Å². The number of rotatable bonds is 4. The van der Waals surface area contributed by atoms with E-state index in [2.05, 4.69) is 23.7 Å². The number of anilines is 2. The predicted molar refractivity (Wildman–Crippen MR) is 76.9 cm³/mol. The van der Waals surface area contributed by atoms with Gasteiger partial charge in [0.15, 0.2) is 0 Å². The number of thiophene rings is 1. The molecule has 2 aromatic rings. The van der Waals surface area contributed by atoms with E-state index in [-0.39, 0.29) is 0 Å². The molecule has 0 aliphatic rings. The molecule has 0 aliphatic heterocycles. The number of nitrogen functional groups attached to an aromatic ring is 1. The minimum atomic E-state index is 0.698. The Morgan fingerprint density at radius 1 is 1.35 bits per heavy atom. The molecule has 0 atom stereocenters. The van der Waals surface area contributed by atoms with Gasteiger partial charge in [-0.05, 0) is 41.6 Å². The Hall–Kier alpha value is -1.19. The second kappa shape index (κ2) is 5.43. The van der Waals surface area contributed by atoms with E-state index in [1.165, 1.54) is 10.4 Å². The molecule has 2 nitrogen and oxygen atoms in total. The Morgan fingerprint density at radius 3 is 2.94 bits per heavy atom. The molecule has 0 saturated carbocycles. The van der Waals surface area contributed by atoms with Crippen LogP contribution in [0.3, 0.4) is 0 Å². The summed E-state index contributed by atoms with van der Waals surface area (Å²) in [7, 11) is 0. The summed E-state index contributed by atoms with van der Waals surface area (Å²) in [5, 5.41) is 6.15. The van der Waals surface area contributed by atoms with E-state index in [1.807, 2.05) is 12.1 Å². The van der Waals surface area contributed by atoms with Crippen LogP contribution in [0.4, 0.5) is 11.4 Å². The SMILES string of the molecule is CCc1ccsc1CNc1cc(Cl)ccc1N. The highest BCUT2D eigenvalue weighted by atomic mass is 35.5.